The van der Waals surface area contributed by atoms with E-state index in [9.17, 15) is 19.8 Å². The number of carbonyl (C=O) groups excluding carboxylic acids is 1. The fraction of sp³-hybridized carbons (Fsp3) is 0.700. The van der Waals surface area contributed by atoms with Crippen LogP contribution in [-0.4, -0.2) is 39.3 Å². The molecule has 1 rings (SSSR count). The predicted molar refractivity (Wildman–Crippen MR) is 97.2 cm³/mol. The van der Waals surface area contributed by atoms with Crippen LogP contribution in [0.15, 0.2) is 23.8 Å². The number of ketones is 1. The molecule has 25 heavy (non-hydrogen) atoms. The topological polar surface area (TPSA) is 94.8 Å². The standard InChI is InChI=1S/C20H32O5/c1-2-3-6-9-15(21)12-13-17-16(18(22)14-19(17)23)10-7-4-5-8-11-20(24)25/h4,7,13,15-16,18,21-22H,2-3,5-6,8-12,14H2,1H3,(H,24,25)/b7-4?,17-13+/t15-,16+,18-/m0/s1. The highest BCUT2D eigenvalue weighted by Gasteiger charge is 2.35. The molecule has 0 aromatic carbocycles. The van der Waals surface area contributed by atoms with Crippen molar-refractivity contribution in [2.75, 3.05) is 0 Å². The summed E-state index contributed by atoms with van der Waals surface area (Å²) in [4.78, 5) is 22.5. The second-order valence-corrected chi connectivity index (χ2v) is 6.84. The highest BCUT2D eigenvalue weighted by Crippen LogP contribution is 2.32. The summed E-state index contributed by atoms with van der Waals surface area (Å²) in [5, 5.41) is 28.7. The van der Waals surface area contributed by atoms with Gasteiger partial charge in [-0.25, -0.2) is 0 Å². The summed E-state index contributed by atoms with van der Waals surface area (Å²) in [6.45, 7) is 2.12. The van der Waals surface area contributed by atoms with E-state index < -0.39 is 18.2 Å². The van der Waals surface area contributed by atoms with Crippen LogP contribution in [0.5, 0.6) is 0 Å². The Morgan fingerprint density at radius 3 is 2.72 bits per heavy atom. The minimum Gasteiger partial charge on any atom is -0.481 e. The van der Waals surface area contributed by atoms with Gasteiger partial charge in [0.2, 0.25) is 0 Å². The summed E-state index contributed by atoms with van der Waals surface area (Å²) in [6.07, 6.45) is 11.1. The average Bonchev–Trinajstić information content (AvgIpc) is 2.82. The monoisotopic (exact) mass is 352 g/mol. The molecule has 0 amide bonds. The van der Waals surface area contributed by atoms with Crippen LogP contribution in [0, 0.1) is 5.92 Å². The van der Waals surface area contributed by atoms with Gasteiger partial charge in [0, 0.05) is 18.8 Å². The number of hydrogen-bond acceptors (Lipinski definition) is 4. The Morgan fingerprint density at radius 1 is 1.28 bits per heavy atom. The lowest BCUT2D eigenvalue weighted by molar-refractivity contribution is -0.137. The molecule has 1 fully saturated rings. The van der Waals surface area contributed by atoms with Crippen molar-refractivity contribution in [3.63, 3.8) is 0 Å². The number of unbranched alkanes of at least 4 members (excludes halogenated alkanes) is 3. The van der Waals surface area contributed by atoms with Crippen LogP contribution in [-0.2, 0) is 9.59 Å². The van der Waals surface area contributed by atoms with Gasteiger partial charge in [0.05, 0.1) is 12.2 Å². The molecule has 0 bridgehead atoms. The first-order valence-corrected chi connectivity index (χ1v) is 9.41. The molecule has 0 heterocycles. The molecule has 3 atom stereocenters. The molecule has 1 saturated carbocycles. The summed E-state index contributed by atoms with van der Waals surface area (Å²) in [5.41, 5.74) is 0.636. The SMILES string of the molecule is CCCCC[C@H](O)C/C=C1/C(=O)C[C@H](O)[C@@H]1CC=CCCCC(=O)O. The zero-order valence-electron chi connectivity index (χ0n) is 15.2. The van der Waals surface area contributed by atoms with Gasteiger partial charge in [-0.2, -0.15) is 0 Å². The van der Waals surface area contributed by atoms with Gasteiger partial charge in [-0.15, -0.1) is 0 Å². The van der Waals surface area contributed by atoms with Crippen LogP contribution in [0.1, 0.15) is 71.1 Å². The highest BCUT2D eigenvalue weighted by molar-refractivity contribution is 5.98. The zero-order chi connectivity index (χ0) is 18.7. The van der Waals surface area contributed by atoms with Crippen molar-refractivity contribution >= 4 is 11.8 Å². The van der Waals surface area contributed by atoms with Crippen molar-refractivity contribution in [1.29, 1.82) is 0 Å². The Kier molecular flexibility index (Phi) is 10.3. The Hall–Kier alpha value is -1.46. The van der Waals surface area contributed by atoms with E-state index in [1.807, 2.05) is 12.2 Å². The molecule has 0 spiro atoms. The molecule has 0 aliphatic heterocycles. The largest absolute Gasteiger partial charge is 0.481 e. The smallest absolute Gasteiger partial charge is 0.303 e. The van der Waals surface area contributed by atoms with Crippen LogP contribution < -0.4 is 0 Å². The molecule has 1 aliphatic rings. The fourth-order valence-corrected chi connectivity index (χ4v) is 3.16. The van der Waals surface area contributed by atoms with Crippen molar-refractivity contribution < 1.29 is 24.9 Å². The van der Waals surface area contributed by atoms with Crippen molar-refractivity contribution in [2.45, 2.75) is 83.3 Å². The molecular weight excluding hydrogens is 320 g/mol. The van der Waals surface area contributed by atoms with Gasteiger partial charge >= 0.3 is 5.97 Å². The summed E-state index contributed by atoms with van der Waals surface area (Å²) in [7, 11) is 0. The van der Waals surface area contributed by atoms with Crippen LogP contribution in [0.2, 0.25) is 0 Å². The highest BCUT2D eigenvalue weighted by atomic mass is 16.4. The summed E-state index contributed by atoms with van der Waals surface area (Å²) < 4.78 is 0. The molecule has 5 heteroatoms. The molecule has 0 unspecified atom stereocenters. The van der Waals surface area contributed by atoms with Gasteiger partial charge in [-0.05, 0) is 37.7 Å². The number of aliphatic carboxylic acids is 1. The molecular formula is C20H32O5. The first-order chi connectivity index (χ1) is 12.0. The van der Waals surface area contributed by atoms with E-state index in [1.165, 1.54) is 0 Å². The molecule has 1 aliphatic carbocycles. The van der Waals surface area contributed by atoms with E-state index >= 15 is 0 Å². The number of allylic oxidation sites excluding steroid dienone is 2. The third-order valence-electron chi connectivity index (χ3n) is 4.65. The van der Waals surface area contributed by atoms with E-state index in [0.717, 1.165) is 25.7 Å². The summed E-state index contributed by atoms with van der Waals surface area (Å²) >= 11 is 0. The summed E-state index contributed by atoms with van der Waals surface area (Å²) in [5.74, 6) is -1.04. The number of carboxylic acids is 1. The maximum Gasteiger partial charge on any atom is 0.303 e. The minimum absolute atomic E-state index is 0.0301. The Morgan fingerprint density at radius 2 is 2.04 bits per heavy atom. The number of Topliss-reactive ketones (excluding diaryl/α,β-unsaturated/α-hetero) is 1. The van der Waals surface area contributed by atoms with Crippen molar-refractivity contribution in [3.05, 3.63) is 23.8 Å². The Balaban J connectivity index is 2.49. The lowest BCUT2D eigenvalue weighted by Gasteiger charge is -2.14. The molecule has 0 aromatic rings. The van der Waals surface area contributed by atoms with E-state index in [-0.39, 0.29) is 24.5 Å². The normalized spacial score (nSPS) is 23.6. The molecule has 0 radical (unpaired) electrons. The molecule has 3 N–H and O–H groups in total. The Labute approximate surface area is 150 Å². The lowest BCUT2D eigenvalue weighted by atomic mass is 9.94. The third kappa shape index (κ3) is 8.45. The fourth-order valence-electron chi connectivity index (χ4n) is 3.16. The lowest BCUT2D eigenvalue weighted by Crippen LogP contribution is -2.14. The van der Waals surface area contributed by atoms with E-state index in [0.29, 0.717) is 31.3 Å². The third-order valence-corrected chi connectivity index (χ3v) is 4.65. The van der Waals surface area contributed by atoms with Crippen LogP contribution in [0.3, 0.4) is 0 Å². The van der Waals surface area contributed by atoms with Crippen LogP contribution >= 0.6 is 0 Å². The van der Waals surface area contributed by atoms with Gasteiger partial charge < -0.3 is 15.3 Å². The van der Waals surface area contributed by atoms with E-state index in [4.69, 9.17) is 5.11 Å². The number of aliphatic hydroxyl groups is 2. The number of hydrogen-bond donors (Lipinski definition) is 3. The average molecular weight is 352 g/mol. The first kappa shape index (κ1) is 21.6. The van der Waals surface area contributed by atoms with E-state index in [2.05, 4.69) is 6.92 Å². The van der Waals surface area contributed by atoms with Crippen LogP contribution in [0.4, 0.5) is 0 Å². The van der Waals surface area contributed by atoms with Gasteiger partial charge in [0.25, 0.3) is 0 Å². The quantitative estimate of drug-likeness (QED) is 0.284. The number of carbonyl (C=O) groups is 2. The molecule has 5 nitrogen and oxygen atoms in total. The molecule has 0 saturated heterocycles. The van der Waals surface area contributed by atoms with Gasteiger partial charge in [0.15, 0.2) is 5.78 Å². The number of aliphatic hydroxyl groups excluding tert-OH is 2. The maximum absolute atomic E-state index is 12.1. The number of rotatable bonds is 12. The van der Waals surface area contributed by atoms with Crippen molar-refractivity contribution in [1.82, 2.24) is 0 Å². The van der Waals surface area contributed by atoms with Crippen LogP contribution in [0.25, 0.3) is 0 Å². The molecule has 142 valence electrons. The van der Waals surface area contributed by atoms with Gasteiger partial charge in [0.1, 0.15) is 0 Å². The van der Waals surface area contributed by atoms with Gasteiger partial charge in [-0.1, -0.05) is 44.4 Å². The zero-order valence-corrected chi connectivity index (χ0v) is 15.2. The minimum atomic E-state index is -0.798. The Bertz CT molecular complexity index is 480. The van der Waals surface area contributed by atoms with Gasteiger partial charge in [-0.3, -0.25) is 9.59 Å². The molecule has 0 aromatic heterocycles. The number of carboxylic acid groups (broad SMARTS) is 1. The predicted octanol–water partition coefficient (Wildman–Crippen LogP) is 3.40. The summed E-state index contributed by atoms with van der Waals surface area (Å²) in [6, 6.07) is 0. The first-order valence-electron chi connectivity index (χ1n) is 9.41. The van der Waals surface area contributed by atoms with E-state index in [1.54, 1.807) is 6.08 Å². The second kappa shape index (κ2) is 12.0. The maximum atomic E-state index is 12.1. The van der Waals surface area contributed by atoms with Crippen molar-refractivity contribution in [3.8, 4) is 0 Å². The second-order valence-electron chi connectivity index (χ2n) is 6.84. The van der Waals surface area contributed by atoms with Crippen molar-refractivity contribution in [2.24, 2.45) is 5.92 Å².